The molecule has 0 bridgehead atoms. The molecule has 1 amide bonds. The van der Waals surface area contributed by atoms with Gasteiger partial charge in [-0.2, -0.15) is 0 Å². The average Bonchev–Trinajstić information content (AvgIpc) is 3.10. The largest absolute Gasteiger partial charge is 0.384 e. The van der Waals surface area contributed by atoms with Crippen molar-refractivity contribution in [1.82, 2.24) is 10.2 Å². The summed E-state index contributed by atoms with van der Waals surface area (Å²) in [6.45, 7) is 2.90. The minimum Gasteiger partial charge on any atom is -0.384 e. The van der Waals surface area contributed by atoms with Crippen LogP contribution in [0.1, 0.15) is 30.9 Å². The van der Waals surface area contributed by atoms with Crippen LogP contribution in [0.3, 0.4) is 0 Å². The van der Waals surface area contributed by atoms with Crippen molar-refractivity contribution in [3.63, 3.8) is 0 Å². The molecule has 0 spiro atoms. The zero-order valence-electron chi connectivity index (χ0n) is 15.3. The number of halogens is 2. The number of carbonyl (C=O) groups excluding carboxylic acids is 1. The Morgan fingerprint density at radius 1 is 1.30 bits per heavy atom. The lowest BCUT2D eigenvalue weighted by atomic mass is 9.96. The van der Waals surface area contributed by atoms with Crippen LogP contribution in [0.25, 0.3) is 0 Å². The second-order valence-electron chi connectivity index (χ2n) is 7.22. The number of hydrogen-bond donors (Lipinski definition) is 2. The smallest absolute Gasteiger partial charge is 0.237 e. The SMILES string of the molecule is CC(O)(CNC(=O)C1CCCN1Cc1ccccc1F)c1ccc(Cl)cc1. The van der Waals surface area contributed by atoms with E-state index in [0.717, 1.165) is 19.4 Å². The number of likely N-dealkylation sites (tertiary alicyclic amines) is 1. The molecule has 2 N–H and O–H groups in total. The molecule has 2 aromatic rings. The van der Waals surface area contributed by atoms with Gasteiger partial charge >= 0.3 is 0 Å². The van der Waals surface area contributed by atoms with Crippen LogP contribution in [0.4, 0.5) is 4.39 Å². The van der Waals surface area contributed by atoms with Gasteiger partial charge in [0, 0.05) is 17.1 Å². The van der Waals surface area contributed by atoms with Gasteiger partial charge in [0.25, 0.3) is 0 Å². The average molecular weight is 391 g/mol. The van der Waals surface area contributed by atoms with Gasteiger partial charge in [0.1, 0.15) is 11.4 Å². The summed E-state index contributed by atoms with van der Waals surface area (Å²) in [4.78, 5) is 14.7. The maximum atomic E-state index is 13.9. The molecule has 1 saturated heterocycles. The van der Waals surface area contributed by atoms with Gasteiger partial charge in [-0.05, 0) is 50.1 Å². The predicted molar refractivity (Wildman–Crippen MR) is 104 cm³/mol. The summed E-state index contributed by atoms with van der Waals surface area (Å²) in [5.41, 5.74) is 0.0714. The summed E-state index contributed by atoms with van der Waals surface area (Å²) in [5, 5.41) is 14.1. The van der Waals surface area contributed by atoms with Gasteiger partial charge in [-0.15, -0.1) is 0 Å². The van der Waals surface area contributed by atoms with E-state index in [9.17, 15) is 14.3 Å². The van der Waals surface area contributed by atoms with Crippen LogP contribution in [-0.4, -0.2) is 35.0 Å². The van der Waals surface area contributed by atoms with Gasteiger partial charge in [-0.3, -0.25) is 9.69 Å². The van der Waals surface area contributed by atoms with E-state index < -0.39 is 5.60 Å². The standard InChI is InChI=1S/C21H24ClFN2O2/c1-21(27,16-8-10-17(22)11-9-16)14-24-20(26)19-7-4-12-25(19)13-15-5-2-3-6-18(15)23/h2-3,5-6,8-11,19,27H,4,7,12-14H2,1H3,(H,24,26). The van der Waals surface area contributed by atoms with Crippen molar-refractivity contribution in [2.75, 3.05) is 13.1 Å². The maximum Gasteiger partial charge on any atom is 0.237 e. The molecule has 6 heteroatoms. The van der Waals surface area contributed by atoms with E-state index in [0.29, 0.717) is 22.7 Å². The van der Waals surface area contributed by atoms with Crippen LogP contribution < -0.4 is 5.32 Å². The van der Waals surface area contributed by atoms with Crippen molar-refractivity contribution in [1.29, 1.82) is 0 Å². The molecule has 0 saturated carbocycles. The van der Waals surface area contributed by atoms with E-state index in [1.54, 1.807) is 49.4 Å². The Hall–Kier alpha value is -1.95. The molecular formula is C21H24ClFN2O2. The third kappa shape index (κ3) is 4.86. The lowest BCUT2D eigenvalue weighted by Gasteiger charge is -2.28. The molecule has 2 unspecified atom stereocenters. The summed E-state index contributed by atoms with van der Waals surface area (Å²) in [5.74, 6) is -0.396. The number of rotatable bonds is 6. The Kier molecular flexibility index (Phi) is 6.15. The zero-order valence-corrected chi connectivity index (χ0v) is 16.0. The number of benzene rings is 2. The Labute approximate surface area is 164 Å². The molecule has 1 aliphatic rings. The Bertz CT molecular complexity index is 795. The Balaban J connectivity index is 1.61. The molecule has 0 aliphatic carbocycles. The predicted octanol–water partition coefficient (Wildman–Crippen LogP) is 3.47. The fourth-order valence-corrected chi connectivity index (χ4v) is 3.57. The van der Waals surface area contributed by atoms with Crippen molar-refractivity contribution >= 4 is 17.5 Å². The van der Waals surface area contributed by atoms with Crippen LogP contribution in [0.5, 0.6) is 0 Å². The molecule has 0 aromatic heterocycles. The van der Waals surface area contributed by atoms with E-state index in [1.165, 1.54) is 6.07 Å². The summed E-state index contributed by atoms with van der Waals surface area (Å²) in [6, 6.07) is 13.2. The van der Waals surface area contributed by atoms with Crippen molar-refractivity contribution < 1.29 is 14.3 Å². The van der Waals surface area contributed by atoms with E-state index in [4.69, 9.17) is 11.6 Å². The molecule has 1 heterocycles. The highest BCUT2D eigenvalue weighted by Crippen LogP contribution is 2.24. The van der Waals surface area contributed by atoms with Crippen LogP contribution in [-0.2, 0) is 16.9 Å². The van der Waals surface area contributed by atoms with Crippen LogP contribution in [0, 0.1) is 5.82 Å². The Morgan fingerprint density at radius 3 is 2.70 bits per heavy atom. The van der Waals surface area contributed by atoms with Crippen molar-refractivity contribution in [2.45, 2.75) is 38.0 Å². The lowest BCUT2D eigenvalue weighted by Crippen LogP contribution is -2.47. The van der Waals surface area contributed by atoms with Crippen LogP contribution in [0.15, 0.2) is 48.5 Å². The molecule has 2 aromatic carbocycles. The van der Waals surface area contributed by atoms with Crippen molar-refractivity contribution in [2.24, 2.45) is 0 Å². The van der Waals surface area contributed by atoms with E-state index in [2.05, 4.69) is 5.32 Å². The molecule has 0 radical (unpaired) electrons. The van der Waals surface area contributed by atoms with Gasteiger partial charge in [0.15, 0.2) is 0 Å². The Morgan fingerprint density at radius 2 is 2.00 bits per heavy atom. The molecule has 2 atom stereocenters. The number of aliphatic hydroxyl groups is 1. The summed E-state index contributed by atoms with van der Waals surface area (Å²) in [7, 11) is 0. The number of carbonyl (C=O) groups is 1. The molecule has 3 rings (SSSR count). The van der Waals surface area contributed by atoms with Gasteiger partial charge in [-0.1, -0.05) is 41.9 Å². The first-order chi connectivity index (χ1) is 12.9. The van der Waals surface area contributed by atoms with Gasteiger partial charge in [-0.25, -0.2) is 4.39 Å². The highest BCUT2D eigenvalue weighted by molar-refractivity contribution is 6.30. The number of amides is 1. The zero-order chi connectivity index (χ0) is 19.4. The summed E-state index contributed by atoms with van der Waals surface area (Å²) < 4.78 is 13.9. The second kappa shape index (κ2) is 8.38. The van der Waals surface area contributed by atoms with Crippen LogP contribution in [0.2, 0.25) is 5.02 Å². The third-order valence-electron chi connectivity index (χ3n) is 5.07. The molecule has 144 valence electrons. The van der Waals surface area contributed by atoms with E-state index in [-0.39, 0.29) is 24.3 Å². The number of nitrogens with zero attached hydrogens (tertiary/aromatic N) is 1. The van der Waals surface area contributed by atoms with Crippen molar-refractivity contribution in [3.05, 3.63) is 70.5 Å². The van der Waals surface area contributed by atoms with Gasteiger partial charge < -0.3 is 10.4 Å². The second-order valence-corrected chi connectivity index (χ2v) is 7.65. The molecule has 4 nitrogen and oxygen atoms in total. The minimum atomic E-state index is -1.20. The highest BCUT2D eigenvalue weighted by atomic mass is 35.5. The summed E-state index contributed by atoms with van der Waals surface area (Å²) >= 11 is 5.89. The fraction of sp³-hybridized carbons (Fsp3) is 0.381. The molecular weight excluding hydrogens is 367 g/mol. The normalized spacial score (nSPS) is 19.6. The highest BCUT2D eigenvalue weighted by Gasteiger charge is 2.32. The maximum absolute atomic E-state index is 13.9. The number of hydrogen-bond acceptors (Lipinski definition) is 3. The number of nitrogens with one attached hydrogen (secondary N) is 1. The van der Waals surface area contributed by atoms with E-state index >= 15 is 0 Å². The minimum absolute atomic E-state index is 0.0947. The first-order valence-electron chi connectivity index (χ1n) is 9.10. The molecule has 1 aliphatic heterocycles. The van der Waals surface area contributed by atoms with Gasteiger partial charge in [0.2, 0.25) is 5.91 Å². The summed E-state index contributed by atoms with van der Waals surface area (Å²) in [6.07, 6.45) is 1.61. The quantitative estimate of drug-likeness (QED) is 0.794. The molecule has 27 heavy (non-hydrogen) atoms. The lowest BCUT2D eigenvalue weighted by molar-refractivity contribution is -0.126. The topological polar surface area (TPSA) is 52.6 Å². The van der Waals surface area contributed by atoms with Gasteiger partial charge in [0.05, 0.1) is 12.6 Å². The molecule has 1 fully saturated rings. The van der Waals surface area contributed by atoms with E-state index in [1.807, 2.05) is 4.90 Å². The first-order valence-corrected chi connectivity index (χ1v) is 9.48. The first kappa shape index (κ1) is 19.8. The van der Waals surface area contributed by atoms with Crippen LogP contribution >= 0.6 is 11.6 Å². The monoisotopic (exact) mass is 390 g/mol. The fourth-order valence-electron chi connectivity index (χ4n) is 3.45. The third-order valence-corrected chi connectivity index (χ3v) is 5.32. The van der Waals surface area contributed by atoms with Crippen molar-refractivity contribution in [3.8, 4) is 0 Å².